The van der Waals surface area contributed by atoms with Crippen LogP contribution in [0.4, 0.5) is 5.69 Å². The Labute approximate surface area is 156 Å². The average molecular weight is 386 g/mol. The van der Waals surface area contributed by atoms with E-state index in [0.29, 0.717) is 5.56 Å². The van der Waals surface area contributed by atoms with Crippen LogP contribution in [0.15, 0.2) is 66.1 Å². The number of sulfonamides is 1. The Morgan fingerprint density at radius 3 is 2.48 bits per heavy atom. The smallest absolute Gasteiger partial charge is 0.273 e. The Bertz CT molecular complexity index is 1060. The van der Waals surface area contributed by atoms with Gasteiger partial charge in [-0.25, -0.2) is 18.1 Å². The maximum atomic E-state index is 12.6. The second kappa shape index (κ2) is 7.29. The number of nitrogens with zero attached hydrogens (tertiary/aromatic N) is 3. The molecule has 0 unspecified atom stereocenters. The van der Waals surface area contributed by atoms with E-state index in [1.54, 1.807) is 26.4 Å². The fraction of sp³-hybridized carbons (Fsp3) is 0.167. The number of aromatic nitrogens is 2. The topological polar surface area (TPSA) is 107 Å². The third-order valence-corrected chi connectivity index (χ3v) is 5.75. The van der Waals surface area contributed by atoms with Gasteiger partial charge in [-0.1, -0.05) is 18.2 Å². The van der Waals surface area contributed by atoms with E-state index in [4.69, 9.17) is 0 Å². The van der Waals surface area contributed by atoms with E-state index >= 15 is 0 Å². The zero-order chi connectivity index (χ0) is 19.6. The van der Waals surface area contributed by atoms with Crippen molar-refractivity contribution in [1.29, 1.82) is 0 Å². The van der Waals surface area contributed by atoms with Gasteiger partial charge >= 0.3 is 0 Å². The molecule has 1 N–H and O–H groups in total. The van der Waals surface area contributed by atoms with E-state index in [-0.39, 0.29) is 10.6 Å². The fourth-order valence-electron chi connectivity index (χ4n) is 2.67. The van der Waals surface area contributed by atoms with Crippen LogP contribution in [0.2, 0.25) is 0 Å². The van der Waals surface area contributed by atoms with Crippen LogP contribution in [-0.4, -0.2) is 22.9 Å². The van der Waals surface area contributed by atoms with E-state index in [9.17, 15) is 18.5 Å². The number of imidazole rings is 1. The predicted octanol–water partition coefficient (Wildman–Crippen LogP) is 3.13. The molecule has 3 rings (SSSR count). The molecule has 3 aromatic rings. The Balaban J connectivity index is 1.81. The zero-order valence-corrected chi connectivity index (χ0v) is 15.6. The van der Waals surface area contributed by atoms with Crippen molar-refractivity contribution in [3.63, 3.8) is 0 Å². The molecule has 0 bridgehead atoms. The lowest BCUT2D eigenvalue weighted by Crippen LogP contribution is -2.27. The van der Waals surface area contributed by atoms with Crippen LogP contribution in [0.3, 0.4) is 0 Å². The molecule has 2 aromatic carbocycles. The minimum absolute atomic E-state index is 0.137. The van der Waals surface area contributed by atoms with Crippen LogP contribution in [0, 0.1) is 17.0 Å². The van der Waals surface area contributed by atoms with Crippen molar-refractivity contribution in [3.05, 3.63) is 82.4 Å². The third kappa shape index (κ3) is 4.04. The third-order valence-electron chi connectivity index (χ3n) is 4.22. The number of nitro groups is 1. The summed E-state index contributed by atoms with van der Waals surface area (Å²) >= 11 is 0. The highest BCUT2D eigenvalue weighted by Crippen LogP contribution is 2.24. The van der Waals surface area contributed by atoms with Crippen LogP contribution in [0.25, 0.3) is 5.69 Å². The van der Waals surface area contributed by atoms with E-state index in [1.165, 1.54) is 12.1 Å². The molecule has 0 aliphatic heterocycles. The highest BCUT2D eigenvalue weighted by atomic mass is 32.2. The molecule has 140 valence electrons. The van der Waals surface area contributed by atoms with E-state index in [0.717, 1.165) is 17.3 Å². The number of hydrogen-bond donors (Lipinski definition) is 1. The normalized spacial score (nSPS) is 12.7. The lowest BCUT2D eigenvalue weighted by atomic mass is 10.1. The van der Waals surface area contributed by atoms with Crippen LogP contribution in [0.5, 0.6) is 0 Å². The van der Waals surface area contributed by atoms with Gasteiger partial charge in [0.1, 0.15) is 0 Å². The van der Waals surface area contributed by atoms with E-state index < -0.39 is 21.0 Å². The molecular weight excluding hydrogens is 368 g/mol. The van der Waals surface area contributed by atoms with Crippen molar-refractivity contribution in [3.8, 4) is 5.69 Å². The monoisotopic (exact) mass is 386 g/mol. The van der Waals surface area contributed by atoms with Crippen LogP contribution >= 0.6 is 0 Å². The molecule has 9 heteroatoms. The summed E-state index contributed by atoms with van der Waals surface area (Å²) in [5, 5.41) is 11.1. The maximum Gasteiger partial charge on any atom is 0.273 e. The zero-order valence-electron chi connectivity index (χ0n) is 14.7. The number of rotatable bonds is 6. The molecule has 1 aromatic heterocycles. The van der Waals surface area contributed by atoms with Gasteiger partial charge in [0.15, 0.2) is 0 Å². The molecule has 0 amide bonds. The van der Waals surface area contributed by atoms with Crippen LogP contribution in [0.1, 0.15) is 24.1 Å². The molecule has 0 aliphatic carbocycles. The molecule has 0 saturated carbocycles. The van der Waals surface area contributed by atoms with Gasteiger partial charge in [-0.15, -0.1) is 0 Å². The summed E-state index contributed by atoms with van der Waals surface area (Å²) in [6, 6.07) is 10.7. The van der Waals surface area contributed by atoms with Gasteiger partial charge in [0, 0.05) is 35.8 Å². The Kier molecular flexibility index (Phi) is 5.06. The molecule has 1 atom stereocenters. The molecular formula is C18H18N4O4S. The lowest BCUT2D eigenvalue weighted by Gasteiger charge is -2.15. The molecule has 0 aliphatic rings. The number of aryl methyl sites for hydroxylation is 1. The SMILES string of the molecule is Cc1ccc(S(=O)(=O)N[C@@H](C)c2ccc(-n3ccnc3)cc2)cc1[N+](=O)[O-]. The molecule has 0 fully saturated rings. The van der Waals surface area contributed by atoms with Gasteiger partial charge in [0.05, 0.1) is 16.1 Å². The second-order valence-electron chi connectivity index (χ2n) is 6.11. The first-order valence-corrected chi connectivity index (χ1v) is 9.62. The van der Waals surface area contributed by atoms with Crippen molar-refractivity contribution in [2.75, 3.05) is 0 Å². The number of benzene rings is 2. The van der Waals surface area contributed by atoms with Gasteiger partial charge in [0.25, 0.3) is 5.69 Å². The van der Waals surface area contributed by atoms with Gasteiger partial charge in [-0.2, -0.15) is 0 Å². The minimum atomic E-state index is -3.90. The largest absolute Gasteiger partial charge is 0.306 e. The summed E-state index contributed by atoms with van der Waals surface area (Å²) in [6.07, 6.45) is 5.16. The summed E-state index contributed by atoms with van der Waals surface area (Å²) in [6.45, 7) is 3.28. The maximum absolute atomic E-state index is 12.6. The molecule has 0 spiro atoms. The average Bonchev–Trinajstić information content (AvgIpc) is 3.16. The Hall–Kier alpha value is -3.04. The summed E-state index contributed by atoms with van der Waals surface area (Å²) < 4.78 is 29.6. The van der Waals surface area contributed by atoms with Crippen molar-refractivity contribution < 1.29 is 13.3 Å². The Morgan fingerprint density at radius 1 is 1.19 bits per heavy atom. The first-order chi connectivity index (χ1) is 12.8. The summed E-state index contributed by atoms with van der Waals surface area (Å²) in [7, 11) is -3.90. The van der Waals surface area contributed by atoms with Gasteiger partial charge in [0.2, 0.25) is 10.0 Å². The molecule has 0 saturated heterocycles. The highest BCUT2D eigenvalue weighted by molar-refractivity contribution is 7.89. The molecule has 8 nitrogen and oxygen atoms in total. The predicted molar refractivity (Wildman–Crippen MR) is 100 cm³/mol. The molecule has 27 heavy (non-hydrogen) atoms. The van der Waals surface area contributed by atoms with Crippen molar-refractivity contribution in [2.24, 2.45) is 0 Å². The number of hydrogen-bond acceptors (Lipinski definition) is 5. The van der Waals surface area contributed by atoms with Crippen LogP contribution < -0.4 is 4.72 Å². The summed E-state index contributed by atoms with van der Waals surface area (Å²) in [4.78, 5) is 14.3. The highest BCUT2D eigenvalue weighted by Gasteiger charge is 2.22. The van der Waals surface area contributed by atoms with Crippen molar-refractivity contribution in [1.82, 2.24) is 14.3 Å². The number of nitrogens with one attached hydrogen (secondary N) is 1. The van der Waals surface area contributed by atoms with Crippen LogP contribution in [-0.2, 0) is 10.0 Å². The minimum Gasteiger partial charge on any atom is -0.306 e. The van der Waals surface area contributed by atoms with Crippen molar-refractivity contribution in [2.45, 2.75) is 24.8 Å². The van der Waals surface area contributed by atoms with E-state index in [1.807, 2.05) is 35.0 Å². The first-order valence-electron chi connectivity index (χ1n) is 8.13. The standard InChI is InChI=1S/C18H18N4O4S/c1-13-3-8-17(11-18(13)22(23)24)27(25,26)20-14(2)15-4-6-16(7-5-15)21-10-9-19-12-21/h3-12,14,20H,1-2H3/t14-/m0/s1. The van der Waals surface area contributed by atoms with Gasteiger partial charge in [-0.05, 0) is 37.6 Å². The van der Waals surface area contributed by atoms with Crippen molar-refractivity contribution >= 4 is 15.7 Å². The first kappa shape index (κ1) is 18.7. The fourth-order valence-corrected chi connectivity index (χ4v) is 3.92. The van der Waals surface area contributed by atoms with Gasteiger partial charge < -0.3 is 4.57 Å². The quantitative estimate of drug-likeness (QED) is 0.517. The summed E-state index contributed by atoms with van der Waals surface area (Å²) in [5.41, 5.74) is 1.85. The lowest BCUT2D eigenvalue weighted by molar-refractivity contribution is -0.385. The second-order valence-corrected chi connectivity index (χ2v) is 7.82. The summed E-state index contributed by atoms with van der Waals surface area (Å²) in [5.74, 6) is 0. The molecule has 0 radical (unpaired) electrons. The Morgan fingerprint density at radius 2 is 1.89 bits per heavy atom. The number of nitro benzene ring substituents is 1. The molecule has 1 heterocycles. The van der Waals surface area contributed by atoms with Gasteiger partial charge in [-0.3, -0.25) is 10.1 Å². The van der Waals surface area contributed by atoms with E-state index in [2.05, 4.69) is 9.71 Å².